The molecule has 5 heteroatoms. The summed E-state index contributed by atoms with van der Waals surface area (Å²) in [6.45, 7) is 0. The largest absolute Gasteiger partial charge is 0.383 e. The van der Waals surface area contributed by atoms with Gasteiger partial charge in [0.1, 0.15) is 5.78 Å². The molecule has 0 spiro atoms. The van der Waals surface area contributed by atoms with Gasteiger partial charge >= 0.3 is 0 Å². The molecule has 2 heterocycles. The Morgan fingerprint density at radius 3 is 1.42 bits per heavy atom. The van der Waals surface area contributed by atoms with E-state index in [9.17, 15) is 4.79 Å². The van der Waals surface area contributed by atoms with Gasteiger partial charge in [-0.3, -0.25) is 14.8 Å². The van der Waals surface area contributed by atoms with Crippen LogP contribution in [0.3, 0.4) is 0 Å². The molecule has 26 heavy (non-hydrogen) atoms. The lowest BCUT2D eigenvalue weighted by atomic mass is 9.96. The SMILES string of the molecule is CN(C)C=C(CC(=O)CC(=CN(C)C)c1ccncc1)c1ccncc1. The lowest BCUT2D eigenvalue weighted by Gasteiger charge is -2.14. The van der Waals surface area contributed by atoms with Crippen molar-refractivity contribution in [2.24, 2.45) is 0 Å². The number of ketones is 1. The van der Waals surface area contributed by atoms with Crippen molar-refractivity contribution in [1.82, 2.24) is 19.8 Å². The Labute approximate surface area is 155 Å². The van der Waals surface area contributed by atoms with Crippen LogP contribution in [0.15, 0.2) is 61.5 Å². The Balaban J connectivity index is 2.20. The number of nitrogens with zero attached hydrogens (tertiary/aromatic N) is 4. The number of hydrogen-bond donors (Lipinski definition) is 0. The molecule has 2 aromatic rings. The standard InChI is InChI=1S/C21H26N4O/c1-24(2)15-19(17-5-9-22-10-6-17)13-21(26)14-20(16-25(3)4)18-7-11-23-12-8-18/h5-12,15-16H,13-14H2,1-4H3. The molecule has 0 aliphatic rings. The highest BCUT2D eigenvalue weighted by atomic mass is 16.1. The summed E-state index contributed by atoms with van der Waals surface area (Å²) in [7, 11) is 7.83. The summed E-state index contributed by atoms with van der Waals surface area (Å²) in [5, 5.41) is 0. The van der Waals surface area contributed by atoms with Gasteiger partial charge in [0.2, 0.25) is 0 Å². The summed E-state index contributed by atoms with van der Waals surface area (Å²) in [6, 6.07) is 7.73. The number of carbonyl (C=O) groups excluding carboxylic acids is 1. The summed E-state index contributed by atoms with van der Waals surface area (Å²) < 4.78 is 0. The van der Waals surface area contributed by atoms with Crippen molar-refractivity contribution in [2.45, 2.75) is 12.8 Å². The average Bonchev–Trinajstić information content (AvgIpc) is 2.61. The van der Waals surface area contributed by atoms with Crippen LogP contribution in [-0.2, 0) is 4.79 Å². The van der Waals surface area contributed by atoms with Crippen LogP contribution in [0.5, 0.6) is 0 Å². The zero-order chi connectivity index (χ0) is 18.9. The highest BCUT2D eigenvalue weighted by molar-refractivity contribution is 5.96. The van der Waals surface area contributed by atoms with Crippen LogP contribution in [0.4, 0.5) is 0 Å². The maximum Gasteiger partial charge on any atom is 0.141 e. The van der Waals surface area contributed by atoms with E-state index in [1.54, 1.807) is 24.8 Å². The minimum absolute atomic E-state index is 0.167. The first-order valence-electron chi connectivity index (χ1n) is 8.52. The molecule has 0 aliphatic heterocycles. The van der Waals surface area contributed by atoms with Crippen molar-refractivity contribution in [2.75, 3.05) is 28.2 Å². The van der Waals surface area contributed by atoms with Crippen LogP contribution in [-0.4, -0.2) is 53.7 Å². The van der Waals surface area contributed by atoms with E-state index in [1.807, 2.05) is 74.7 Å². The fourth-order valence-corrected chi connectivity index (χ4v) is 2.69. The molecule has 0 atom stereocenters. The molecule has 2 aromatic heterocycles. The number of Topliss-reactive ketones (excluding diaryl/α,β-unsaturated/α-hetero) is 1. The summed E-state index contributed by atoms with van der Waals surface area (Å²) in [5.41, 5.74) is 4.01. The van der Waals surface area contributed by atoms with Gasteiger partial charge in [-0.1, -0.05) is 0 Å². The van der Waals surface area contributed by atoms with Crippen LogP contribution < -0.4 is 0 Å². The third-order valence-corrected chi connectivity index (χ3v) is 3.71. The number of carbonyl (C=O) groups is 1. The monoisotopic (exact) mass is 350 g/mol. The second-order valence-electron chi connectivity index (χ2n) is 6.60. The Bertz CT molecular complexity index is 700. The van der Waals surface area contributed by atoms with Gasteiger partial charge in [0, 0.05) is 78.2 Å². The molecule has 5 nitrogen and oxygen atoms in total. The number of allylic oxidation sites excluding steroid dienone is 2. The van der Waals surface area contributed by atoms with E-state index in [-0.39, 0.29) is 5.78 Å². The van der Waals surface area contributed by atoms with Crippen LogP contribution in [0.25, 0.3) is 11.1 Å². The third-order valence-electron chi connectivity index (χ3n) is 3.71. The van der Waals surface area contributed by atoms with Gasteiger partial charge in [-0.15, -0.1) is 0 Å². The van der Waals surface area contributed by atoms with E-state index in [0.717, 1.165) is 22.3 Å². The highest BCUT2D eigenvalue weighted by Gasteiger charge is 2.13. The predicted octanol–water partition coefficient (Wildman–Crippen LogP) is 3.33. The van der Waals surface area contributed by atoms with Crippen LogP contribution in [0.2, 0.25) is 0 Å². The summed E-state index contributed by atoms with van der Waals surface area (Å²) in [5.74, 6) is 0.167. The number of pyridine rings is 2. The molecule has 2 rings (SSSR count). The zero-order valence-electron chi connectivity index (χ0n) is 15.9. The molecule has 0 saturated carbocycles. The summed E-state index contributed by atoms with van der Waals surface area (Å²) in [6.07, 6.45) is 11.7. The molecular weight excluding hydrogens is 324 g/mol. The quantitative estimate of drug-likeness (QED) is 0.731. The second kappa shape index (κ2) is 9.51. The number of hydrogen-bond acceptors (Lipinski definition) is 5. The summed E-state index contributed by atoms with van der Waals surface area (Å²) >= 11 is 0. The van der Waals surface area contributed by atoms with E-state index in [2.05, 4.69) is 9.97 Å². The lowest BCUT2D eigenvalue weighted by molar-refractivity contribution is -0.117. The lowest BCUT2D eigenvalue weighted by Crippen LogP contribution is -2.08. The predicted molar refractivity (Wildman–Crippen MR) is 106 cm³/mol. The van der Waals surface area contributed by atoms with Gasteiger partial charge in [0.15, 0.2) is 0 Å². The third kappa shape index (κ3) is 6.16. The minimum Gasteiger partial charge on any atom is -0.383 e. The van der Waals surface area contributed by atoms with Crippen molar-refractivity contribution < 1.29 is 4.79 Å². The van der Waals surface area contributed by atoms with Crippen molar-refractivity contribution >= 4 is 16.9 Å². The van der Waals surface area contributed by atoms with Crippen LogP contribution in [0.1, 0.15) is 24.0 Å². The highest BCUT2D eigenvalue weighted by Crippen LogP contribution is 2.24. The van der Waals surface area contributed by atoms with Gasteiger partial charge < -0.3 is 9.80 Å². The van der Waals surface area contributed by atoms with Crippen molar-refractivity contribution in [3.8, 4) is 0 Å². The molecule has 0 amide bonds. The van der Waals surface area contributed by atoms with Gasteiger partial charge in [-0.25, -0.2) is 0 Å². The molecule has 0 aromatic carbocycles. The van der Waals surface area contributed by atoms with E-state index in [1.165, 1.54) is 0 Å². The van der Waals surface area contributed by atoms with Gasteiger partial charge in [-0.05, 0) is 46.5 Å². The van der Waals surface area contributed by atoms with E-state index in [0.29, 0.717) is 12.8 Å². The maximum atomic E-state index is 12.8. The molecule has 0 radical (unpaired) electrons. The molecular formula is C21H26N4O. The maximum absolute atomic E-state index is 12.8. The first-order chi connectivity index (χ1) is 12.5. The molecule has 0 unspecified atom stereocenters. The van der Waals surface area contributed by atoms with Gasteiger partial charge in [-0.2, -0.15) is 0 Å². The topological polar surface area (TPSA) is 49.3 Å². The summed E-state index contributed by atoms with van der Waals surface area (Å²) in [4.78, 5) is 24.9. The Morgan fingerprint density at radius 2 is 1.12 bits per heavy atom. The van der Waals surface area contributed by atoms with Gasteiger partial charge in [0.05, 0.1) is 0 Å². The zero-order valence-corrected chi connectivity index (χ0v) is 15.9. The first-order valence-corrected chi connectivity index (χ1v) is 8.52. The van der Waals surface area contributed by atoms with E-state index in [4.69, 9.17) is 0 Å². The van der Waals surface area contributed by atoms with Gasteiger partial charge in [0.25, 0.3) is 0 Å². The molecule has 136 valence electrons. The smallest absolute Gasteiger partial charge is 0.141 e. The fourth-order valence-electron chi connectivity index (χ4n) is 2.69. The molecule has 0 bridgehead atoms. The Kier molecular flexibility index (Phi) is 7.09. The Hall–Kier alpha value is -2.95. The first kappa shape index (κ1) is 19.4. The van der Waals surface area contributed by atoms with Crippen LogP contribution >= 0.6 is 0 Å². The molecule has 0 saturated heterocycles. The molecule has 0 aliphatic carbocycles. The number of aromatic nitrogens is 2. The average molecular weight is 350 g/mol. The second-order valence-corrected chi connectivity index (χ2v) is 6.60. The van der Waals surface area contributed by atoms with Crippen molar-refractivity contribution in [3.05, 3.63) is 72.6 Å². The molecule has 0 N–H and O–H groups in total. The van der Waals surface area contributed by atoms with E-state index < -0.39 is 0 Å². The minimum atomic E-state index is 0.167. The molecule has 0 fully saturated rings. The Morgan fingerprint density at radius 1 is 0.769 bits per heavy atom. The fraction of sp³-hybridized carbons (Fsp3) is 0.286. The van der Waals surface area contributed by atoms with Crippen molar-refractivity contribution in [3.63, 3.8) is 0 Å². The van der Waals surface area contributed by atoms with Crippen LogP contribution in [0, 0.1) is 0 Å². The normalized spacial score (nSPS) is 12.0. The van der Waals surface area contributed by atoms with E-state index >= 15 is 0 Å². The van der Waals surface area contributed by atoms with Crippen molar-refractivity contribution in [1.29, 1.82) is 0 Å². The number of rotatable bonds is 8.